The number of thiophene rings is 1. The molecule has 4 nitrogen and oxygen atoms in total. The molecule has 0 saturated carbocycles. The van der Waals surface area contributed by atoms with E-state index in [1.54, 1.807) is 18.4 Å². The lowest BCUT2D eigenvalue weighted by Crippen LogP contribution is -2.47. The highest BCUT2D eigenvalue weighted by atomic mass is 32.1. The molecule has 1 aliphatic carbocycles. The van der Waals surface area contributed by atoms with Gasteiger partial charge in [-0.1, -0.05) is 11.3 Å². The third-order valence-electron chi connectivity index (χ3n) is 2.93. The van der Waals surface area contributed by atoms with Gasteiger partial charge >= 0.3 is 12.4 Å². The molecule has 1 N–H and O–H groups in total. The highest BCUT2D eigenvalue weighted by Gasteiger charge is 2.32. The molecule has 0 aromatic carbocycles. The van der Waals surface area contributed by atoms with Crippen LogP contribution in [0.5, 0.6) is 0 Å². The third-order valence-corrected chi connectivity index (χ3v) is 4.39. The Bertz CT molecular complexity index is 419. The maximum atomic E-state index is 11.1. The molecule has 0 bridgehead atoms. The lowest BCUT2D eigenvalue weighted by atomic mass is 10.2. The number of likely N-dealkylation sites (N-methyl/N-ethyl adjacent to an activating group) is 1. The summed E-state index contributed by atoms with van der Waals surface area (Å²) in [6.07, 6.45) is 3.99. The summed E-state index contributed by atoms with van der Waals surface area (Å²) in [4.78, 5) is 23.2. The zero-order chi connectivity index (χ0) is 11.8. The molecule has 86 valence electrons. The maximum absolute atomic E-state index is 11.1. The Kier molecular flexibility index (Phi) is 2.82. The topological polar surface area (TPSA) is 54.4 Å². The van der Waals surface area contributed by atoms with Crippen molar-refractivity contribution in [2.75, 3.05) is 13.6 Å². The molecular formula is C11H14NO3S+. The molecule has 5 heteroatoms. The van der Waals surface area contributed by atoms with Crippen molar-refractivity contribution >= 4 is 28.7 Å². The Morgan fingerprint density at radius 1 is 1.62 bits per heavy atom. The van der Waals surface area contributed by atoms with Gasteiger partial charge < -0.3 is 5.11 Å². The monoisotopic (exact) mass is 240 g/mol. The average Bonchev–Trinajstić information content (AvgIpc) is 2.75. The number of carbonyl (C=O) groups is 2. The molecule has 16 heavy (non-hydrogen) atoms. The Labute approximate surface area is 97.7 Å². The summed E-state index contributed by atoms with van der Waals surface area (Å²) in [6, 6.07) is 1.99. The summed E-state index contributed by atoms with van der Waals surface area (Å²) < 4.78 is -0.160. The number of rotatable bonds is 4. The first-order valence-electron chi connectivity index (χ1n) is 5.20. The van der Waals surface area contributed by atoms with E-state index in [1.165, 1.54) is 16.9 Å². The number of hydrogen-bond acceptors (Lipinski definition) is 3. The Balaban J connectivity index is 2.32. The van der Waals surface area contributed by atoms with Crippen LogP contribution in [0.15, 0.2) is 6.07 Å². The predicted octanol–water partition coefficient (Wildman–Crippen LogP) is 1.41. The van der Waals surface area contributed by atoms with Crippen LogP contribution in [0, 0.1) is 0 Å². The van der Waals surface area contributed by atoms with E-state index < -0.39 is 5.97 Å². The zero-order valence-electron chi connectivity index (χ0n) is 9.10. The van der Waals surface area contributed by atoms with Gasteiger partial charge in [0.05, 0.1) is 7.05 Å². The molecule has 1 atom stereocenters. The van der Waals surface area contributed by atoms with Crippen LogP contribution in [0.2, 0.25) is 0 Å². The van der Waals surface area contributed by atoms with Gasteiger partial charge in [0.1, 0.15) is 0 Å². The van der Waals surface area contributed by atoms with Crippen LogP contribution in [-0.2, 0) is 22.4 Å². The normalized spacial score (nSPS) is 17.8. The number of fused-ring (bicyclic) bond motifs is 1. The van der Waals surface area contributed by atoms with Crippen molar-refractivity contribution < 1.29 is 14.7 Å². The molecule has 1 aromatic rings. The molecule has 0 aliphatic heterocycles. The van der Waals surface area contributed by atoms with Gasteiger partial charge in [-0.15, -0.1) is 0 Å². The standard InChI is InChI=1S/C11H13NO3S/c1-12(7-13,6-11(14)15)10-5-8-3-2-4-9(8)16-10/h5,7H,2-4,6H2,1H3/p+1. The van der Waals surface area contributed by atoms with Crippen molar-refractivity contribution in [3.8, 4) is 0 Å². The number of hydrogen-bond donors (Lipinski definition) is 1. The predicted molar refractivity (Wildman–Crippen MR) is 62.6 cm³/mol. The first-order chi connectivity index (χ1) is 7.55. The molecule has 1 amide bonds. The molecule has 1 unspecified atom stereocenters. The Morgan fingerprint density at radius 2 is 2.38 bits per heavy atom. The van der Waals surface area contributed by atoms with Crippen LogP contribution >= 0.6 is 11.3 Å². The summed E-state index contributed by atoms with van der Waals surface area (Å²) in [5.74, 6) is -0.955. The van der Waals surface area contributed by atoms with E-state index >= 15 is 0 Å². The summed E-state index contributed by atoms with van der Waals surface area (Å²) >= 11 is 1.57. The summed E-state index contributed by atoms with van der Waals surface area (Å²) in [5.41, 5.74) is 1.29. The van der Waals surface area contributed by atoms with Crippen LogP contribution in [0.4, 0.5) is 5.00 Å². The average molecular weight is 240 g/mol. The van der Waals surface area contributed by atoms with E-state index in [9.17, 15) is 9.59 Å². The van der Waals surface area contributed by atoms with Crippen molar-refractivity contribution in [3.05, 3.63) is 16.5 Å². The van der Waals surface area contributed by atoms with Gasteiger partial charge in [-0.25, -0.2) is 14.1 Å². The van der Waals surface area contributed by atoms with E-state index in [-0.39, 0.29) is 11.0 Å². The summed E-state index contributed by atoms with van der Waals surface area (Å²) in [6.45, 7) is -0.192. The Morgan fingerprint density at radius 3 is 2.94 bits per heavy atom. The van der Waals surface area contributed by atoms with Crippen molar-refractivity contribution in [1.82, 2.24) is 4.48 Å². The van der Waals surface area contributed by atoms with Gasteiger partial charge in [0.25, 0.3) is 0 Å². The van der Waals surface area contributed by atoms with Crippen LogP contribution < -0.4 is 4.48 Å². The van der Waals surface area contributed by atoms with E-state index in [1.807, 2.05) is 6.07 Å². The second-order valence-corrected chi connectivity index (χ2v) is 5.43. The zero-order valence-corrected chi connectivity index (χ0v) is 9.92. The van der Waals surface area contributed by atoms with Crippen molar-refractivity contribution in [2.45, 2.75) is 19.3 Å². The first-order valence-corrected chi connectivity index (χ1v) is 6.02. The van der Waals surface area contributed by atoms with Crippen LogP contribution in [0.3, 0.4) is 0 Å². The molecule has 0 fully saturated rings. The van der Waals surface area contributed by atoms with E-state index in [2.05, 4.69) is 0 Å². The van der Waals surface area contributed by atoms with Gasteiger partial charge in [-0.3, -0.25) is 0 Å². The lowest BCUT2D eigenvalue weighted by molar-refractivity contribution is -0.139. The smallest absolute Gasteiger partial charge is 0.360 e. The van der Waals surface area contributed by atoms with Gasteiger partial charge in [0, 0.05) is 10.9 Å². The minimum atomic E-state index is -0.955. The largest absolute Gasteiger partial charge is 0.477 e. The Hall–Kier alpha value is -1.20. The number of quaternary nitrogens is 1. The van der Waals surface area contributed by atoms with Gasteiger partial charge in [0.15, 0.2) is 11.5 Å². The number of nitrogens with zero attached hydrogens (tertiary/aromatic N) is 1. The minimum absolute atomic E-state index is 0.160. The number of amides is 1. The minimum Gasteiger partial charge on any atom is -0.477 e. The van der Waals surface area contributed by atoms with Gasteiger partial charge in [-0.05, 0) is 24.8 Å². The summed E-state index contributed by atoms with van der Waals surface area (Å²) in [7, 11) is 1.64. The van der Waals surface area contributed by atoms with Crippen molar-refractivity contribution in [3.63, 3.8) is 0 Å². The lowest BCUT2D eigenvalue weighted by Gasteiger charge is -2.22. The number of aliphatic carboxylic acids is 1. The second kappa shape index (κ2) is 3.99. The first kappa shape index (κ1) is 11.3. The fourth-order valence-corrected chi connectivity index (χ4v) is 3.32. The summed E-state index contributed by atoms with van der Waals surface area (Å²) in [5, 5.41) is 9.65. The quantitative estimate of drug-likeness (QED) is 0.639. The van der Waals surface area contributed by atoms with Gasteiger partial charge in [-0.2, -0.15) is 0 Å². The van der Waals surface area contributed by atoms with E-state index in [0.29, 0.717) is 6.41 Å². The molecule has 2 rings (SSSR count). The SMILES string of the molecule is C[N+](C=O)(CC(=O)O)c1cc2c(s1)CCC2. The molecule has 1 aromatic heterocycles. The molecule has 1 aliphatic rings. The number of carboxylic acids is 1. The highest BCUT2D eigenvalue weighted by molar-refractivity contribution is 7.16. The van der Waals surface area contributed by atoms with E-state index in [0.717, 1.165) is 17.8 Å². The van der Waals surface area contributed by atoms with Gasteiger partial charge in [0.2, 0.25) is 0 Å². The third kappa shape index (κ3) is 1.88. The second-order valence-electron chi connectivity index (χ2n) is 4.31. The number of carboxylic acid groups (broad SMARTS) is 1. The maximum Gasteiger partial charge on any atom is 0.360 e. The van der Waals surface area contributed by atoms with E-state index in [4.69, 9.17) is 5.11 Å². The number of carbonyl (C=O) groups excluding carboxylic acids is 1. The van der Waals surface area contributed by atoms with Crippen LogP contribution in [0.1, 0.15) is 16.9 Å². The molecule has 0 radical (unpaired) electrons. The molecular weight excluding hydrogens is 226 g/mol. The fourth-order valence-electron chi connectivity index (χ4n) is 2.01. The van der Waals surface area contributed by atoms with Crippen molar-refractivity contribution in [1.29, 1.82) is 0 Å². The molecule has 0 saturated heterocycles. The van der Waals surface area contributed by atoms with Crippen LogP contribution in [-0.4, -0.2) is 31.1 Å². The number of aryl methyl sites for hydroxylation is 2. The van der Waals surface area contributed by atoms with Crippen LogP contribution in [0.25, 0.3) is 0 Å². The molecule has 0 spiro atoms. The molecule has 1 heterocycles. The fraction of sp³-hybridized carbons (Fsp3) is 0.455. The van der Waals surface area contributed by atoms with Crippen molar-refractivity contribution in [2.24, 2.45) is 0 Å². The highest BCUT2D eigenvalue weighted by Crippen LogP contribution is 2.37.